The van der Waals surface area contributed by atoms with E-state index in [4.69, 9.17) is 9.97 Å². The molecular formula is C51H35N3. The highest BCUT2D eigenvalue weighted by Crippen LogP contribution is 2.37. The van der Waals surface area contributed by atoms with Gasteiger partial charge < -0.3 is 0 Å². The quantitative estimate of drug-likeness (QED) is 0.163. The number of hydrogen-bond donors (Lipinski definition) is 0. The Morgan fingerprint density at radius 1 is 0.370 bits per heavy atom. The summed E-state index contributed by atoms with van der Waals surface area (Å²) in [5, 5.41) is 7.51. The predicted molar refractivity (Wildman–Crippen MR) is 228 cm³/mol. The lowest BCUT2D eigenvalue weighted by Gasteiger charge is -2.13. The molecule has 0 atom stereocenters. The largest absolute Gasteiger partial charge is 0.292 e. The van der Waals surface area contributed by atoms with Gasteiger partial charge in [-0.05, 0) is 84.3 Å². The van der Waals surface area contributed by atoms with Crippen molar-refractivity contribution in [3.8, 4) is 56.2 Å². The molecule has 0 radical (unpaired) electrons. The number of aliphatic imine (C=N–C) groups is 1. The highest BCUT2D eigenvalue weighted by Gasteiger charge is 2.14. The van der Waals surface area contributed by atoms with Gasteiger partial charge in [0.05, 0.1) is 11.4 Å². The van der Waals surface area contributed by atoms with Gasteiger partial charge in [-0.25, -0.2) is 9.97 Å². The summed E-state index contributed by atoms with van der Waals surface area (Å²) in [6, 6.07) is 62.9. The van der Waals surface area contributed by atoms with Crippen molar-refractivity contribution in [3.63, 3.8) is 0 Å². The molecular weight excluding hydrogens is 655 g/mol. The van der Waals surface area contributed by atoms with Gasteiger partial charge in [0.1, 0.15) is 0 Å². The highest BCUT2D eigenvalue weighted by atomic mass is 14.9. The number of dihydropyridines is 1. The number of nitrogens with zero attached hydrogens (tertiary/aromatic N) is 3. The summed E-state index contributed by atoms with van der Waals surface area (Å²) in [5.41, 5.74) is 11.9. The van der Waals surface area contributed by atoms with Crippen molar-refractivity contribution in [2.24, 2.45) is 4.99 Å². The van der Waals surface area contributed by atoms with Crippen LogP contribution in [0.5, 0.6) is 0 Å². The molecule has 1 aliphatic rings. The van der Waals surface area contributed by atoms with Crippen molar-refractivity contribution in [3.05, 3.63) is 188 Å². The van der Waals surface area contributed by atoms with Gasteiger partial charge in [-0.1, -0.05) is 170 Å². The molecule has 0 fully saturated rings. The molecule has 0 unspecified atom stereocenters. The molecule has 0 aliphatic carbocycles. The third kappa shape index (κ3) is 5.86. The number of benzene rings is 8. The molecule has 54 heavy (non-hydrogen) atoms. The fraction of sp³-hybridized carbons (Fsp3) is 0.0392. The Morgan fingerprint density at radius 3 is 1.59 bits per heavy atom. The zero-order valence-corrected chi connectivity index (χ0v) is 29.7. The van der Waals surface area contributed by atoms with E-state index in [1.807, 2.05) is 6.21 Å². The number of rotatable bonds is 6. The van der Waals surface area contributed by atoms with E-state index in [9.17, 15) is 0 Å². The minimum atomic E-state index is 0.697. The molecule has 9 aromatic rings. The van der Waals surface area contributed by atoms with E-state index in [2.05, 4.69) is 187 Å². The van der Waals surface area contributed by atoms with Gasteiger partial charge in [-0.15, -0.1) is 0 Å². The van der Waals surface area contributed by atoms with E-state index >= 15 is 0 Å². The summed E-state index contributed by atoms with van der Waals surface area (Å²) in [5.74, 6) is 0.697. The lowest BCUT2D eigenvalue weighted by molar-refractivity contribution is 1.01. The molecule has 10 rings (SSSR count). The maximum absolute atomic E-state index is 5.20. The van der Waals surface area contributed by atoms with Crippen LogP contribution in [-0.4, -0.2) is 22.7 Å². The number of allylic oxidation sites excluding steroid dienone is 1. The molecule has 3 heteroatoms. The summed E-state index contributed by atoms with van der Waals surface area (Å²) in [6.45, 7) is 0.858. The van der Waals surface area contributed by atoms with Crippen molar-refractivity contribution >= 4 is 44.1 Å². The van der Waals surface area contributed by atoms with Crippen LogP contribution in [0.15, 0.2) is 187 Å². The van der Waals surface area contributed by atoms with Crippen molar-refractivity contribution in [1.82, 2.24) is 9.97 Å². The van der Waals surface area contributed by atoms with Crippen LogP contribution in [0.2, 0.25) is 0 Å². The van der Waals surface area contributed by atoms with E-state index in [1.165, 1.54) is 60.1 Å². The van der Waals surface area contributed by atoms with E-state index in [1.54, 1.807) is 0 Å². The van der Waals surface area contributed by atoms with Crippen LogP contribution in [0.3, 0.4) is 0 Å². The molecule has 3 nitrogen and oxygen atoms in total. The minimum Gasteiger partial charge on any atom is -0.292 e. The average molecular weight is 690 g/mol. The van der Waals surface area contributed by atoms with Gasteiger partial charge in [0.25, 0.3) is 0 Å². The molecule has 1 aromatic heterocycles. The van der Waals surface area contributed by atoms with Gasteiger partial charge in [-0.3, -0.25) is 4.99 Å². The topological polar surface area (TPSA) is 38.1 Å². The molecule has 0 N–H and O–H groups in total. The van der Waals surface area contributed by atoms with Gasteiger partial charge in [-0.2, -0.15) is 0 Å². The highest BCUT2D eigenvalue weighted by molar-refractivity contribution is 6.14. The Morgan fingerprint density at radius 2 is 0.907 bits per heavy atom. The van der Waals surface area contributed by atoms with Crippen LogP contribution in [0.4, 0.5) is 0 Å². The van der Waals surface area contributed by atoms with Crippen LogP contribution in [0, 0.1) is 0 Å². The minimum absolute atomic E-state index is 0.697. The van der Waals surface area contributed by atoms with Crippen molar-refractivity contribution in [2.45, 2.75) is 6.42 Å². The first-order valence-electron chi connectivity index (χ1n) is 18.5. The maximum atomic E-state index is 5.20. The van der Waals surface area contributed by atoms with Crippen molar-refractivity contribution < 1.29 is 0 Å². The molecule has 2 heterocycles. The Kier molecular flexibility index (Phi) is 7.96. The molecule has 1 aliphatic heterocycles. The number of hydrogen-bond acceptors (Lipinski definition) is 3. The third-order valence-electron chi connectivity index (χ3n) is 10.6. The zero-order valence-electron chi connectivity index (χ0n) is 29.7. The predicted octanol–water partition coefficient (Wildman–Crippen LogP) is 13.1. The van der Waals surface area contributed by atoms with Crippen molar-refractivity contribution in [1.29, 1.82) is 0 Å². The molecule has 0 amide bonds. The SMILES string of the molecule is C1=NCCC=C1c1ccc(-c2cc(-c3ccc(-c4cc5ccccc5c5ccccc45)cc3)nc(-c3ccc(-c4cccc5ccccc45)cc3)n2)cc1. The molecule has 0 bridgehead atoms. The molecule has 0 saturated heterocycles. The number of aromatic nitrogens is 2. The molecule has 0 spiro atoms. The van der Waals surface area contributed by atoms with Gasteiger partial charge in [0.15, 0.2) is 5.82 Å². The van der Waals surface area contributed by atoms with Crippen molar-refractivity contribution in [2.75, 3.05) is 6.54 Å². The van der Waals surface area contributed by atoms with E-state index in [0.717, 1.165) is 46.6 Å². The second-order valence-corrected chi connectivity index (χ2v) is 13.9. The zero-order chi connectivity index (χ0) is 35.8. The smallest absolute Gasteiger partial charge is 0.160 e. The summed E-state index contributed by atoms with van der Waals surface area (Å²) in [4.78, 5) is 14.9. The van der Waals surface area contributed by atoms with E-state index in [-0.39, 0.29) is 0 Å². The monoisotopic (exact) mass is 689 g/mol. The number of fused-ring (bicyclic) bond motifs is 4. The lowest BCUT2D eigenvalue weighted by Crippen LogP contribution is -1.97. The first-order valence-corrected chi connectivity index (χ1v) is 18.5. The van der Waals surface area contributed by atoms with Crippen LogP contribution < -0.4 is 0 Å². The second kappa shape index (κ2) is 13.5. The Labute approximate surface area is 314 Å². The Bertz CT molecular complexity index is 2900. The maximum Gasteiger partial charge on any atom is 0.160 e. The Hall–Kier alpha value is -6.97. The first kappa shape index (κ1) is 31.7. The van der Waals surface area contributed by atoms with Gasteiger partial charge in [0.2, 0.25) is 0 Å². The van der Waals surface area contributed by atoms with Crippen LogP contribution in [0.25, 0.3) is 94.0 Å². The normalized spacial score (nSPS) is 12.7. The average Bonchev–Trinajstić information content (AvgIpc) is 3.26. The summed E-state index contributed by atoms with van der Waals surface area (Å²) >= 11 is 0. The third-order valence-corrected chi connectivity index (χ3v) is 10.6. The van der Waals surface area contributed by atoms with Gasteiger partial charge >= 0.3 is 0 Å². The molecule has 254 valence electrons. The molecule has 0 saturated carbocycles. The fourth-order valence-corrected chi connectivity index (χ4v) is 7.80. The summed E-state index contributed by atoms with van der Waals surface area (Å²) in [6.07, 6.45) is 5.21. The summed E-state index contributed by atoms with van der Waals surface area (Å²) in [7, 11) is 0. The van der Waals surface area contributed by atoms with E-state index < -0.39 is 0 Å². The first-order chi connectivity index (χ1) is 26.7. The standard InChI is InChI=1S/C51H35N3/c1-3-13-43-35(9-1)11-7-17-44(43)36-22-28-40(29-23-36)51-53-49(38-24-18-34(19-25-38)42-12-8-30-52-33-42)32-50(54-51)39-26-20-37(21-27-39)48-31-41-10-2-4-14-45(41)46-15-5-6-16-47(46)48/h1-7,9-29,31-33H,8,30H2. The summed E-state index contributed by atoms with van der Waals surface area (Å²) < 4.78 is 0. The lowest BCUT2D eigenvalue weighted by atomic mass is 9.92. The Balaban J connectivity index is 1.06. The van der Waals surface area contributed by atoms with E-state index in [0.29, 0.717) is 5.82 Å². The van der Waals surface area contributed by atoms with Crippen LogP contribution >= 0.6 is 0 Å². The molecule has 8 aromatic carbocycles. The van der Waals surface area contributed by atoms with Crippen LogP contribution in [0.1, 0.15) is 12.0 Å². The van der Waals surface area contributed by atoms with Gasteiger partial charge in [0, 0.05) is 29.4 Å². The van der Waals surface area contributed by atoms with Crippen LogP contribution in [-0.2, 0) is 0 Å². The second-order valence-electron chi connectivity index (χ2n) is 13.9. The fourth-order valence-electron chi connectivity index (χ4n) is 7.80.